The third-order valence-electron chi connectivity index (χ3n) is 5.43. The van der Waals surface area contributed by atoms with E-state index in [-0.39, 0.29) is 18.5 Å². The Labute approximate surface area is 178 Å². The highest BCUT2D eigenvalue weighted by molar-refractivity contribution is 5.89. The molecule has 10 heteroatoms. The number of hydrogen-bond donors (Lipinski definition) is 3. The van der Waals surface area contributed by atoms with Gasteiger partial charge in [0, 0.05) is 13.1 Å². The maximum absolute atomic E-state index is 14.3. The van der Waals surface area contributed by atoms with Crippen molar-refractivity contribution in [3.05, 3.63) is 36.0 Å². The molecule has 0 saturated carbocycles. The molecule has 3 aromatic rings. The number of halogens is 2. The number of pyridine rings is 2. The van der Waals surface area contributed by atoms with Crippen LogP contribution in [0.4, 0.5) is 14.6 Å². The fourth-order valence-electron chi connectivity index (χ4n) is 4.03. The van der Waals surface area contributed by atoms with Crippen LogP contribution in [-0.2, 0) is 4.79 Å². The lowest BCUT2D eigenvalue weighted by Crippen LogP contribution is -2.52. The highest BCUT2D eigenvalue weighted by Crippen LogP contribution is 2.33. The normalized spacial score (nSPS) is 21.5. The van der Waals surface area contributed by atoms with Crippen LogP contribution in [0.3, 0.4) is 0 Å². The first kappa shape index (κ1) is 22.5. The Kier molecular flexibility index (Phi) is 7.45. The van der Waals surface area contributed by atoms with E-state index in [0.717, 1.165) is 25.7 Å². The SMILES string of the molecule is CC.Fc1cnc2n[nH]c(-c3ccc(F)c(N[C@H]4CC5CCN4CC5)n3)c2c1.O=CO. The Morgan fingerprint density at radius 3 is 2.61 bits per heavy atom. The van der Waals surface area contributed by atoms with E-state index in [0.29, 0.717) is 28.3 Å². The third kappa shape index (κ3) is 4.96. The second-order valence-electron chi connectivity index (χ2n) is 7.13. The Hall–Kier alpha value is -3.14. The molecule has 8 nitrogen and oxygen atoms in total. The molecular weight excluding hydrogens is 406 g/mol. The lowest BCUT2D eigenvalue weighted by molar-refractivity contribution is -0.122. The monoisotopic (exact) mass is 432 g/mol. The molecule has 6 rings (SSSR count). The van der Waals surface area contributed by atoms with Crippen molar-refractivity contribution in [2.45, 2.75) is 39.3 Å². The number of rotatable bonds is 3. The van der Waals surface area contributed by atoms with Gasteiger partial charge in [-0.3, -0.25) is 14.8 Å². The molecular formula is C21H26F2N6O2. The lowest BCUT2D eigenvalue weighted by atomic mass is 9.86. The molecule has 2 bridgehead atoms. The van der Waals surface area contributed by atoms with Gasteiger partial charge >= 0.3 is 0 Å². The summed E-state index contributed by atoms with van der Waals surface area (Å²) in [7, 11) is 0. The third-order valence-corrected chi connectivity index (χ3v) is 5.43. The van der Waals surface area contributed by atoms with Crippen molar-refractivity contribution < 1.29 is 18.7 Å². The van der Waals surface area contributed by atoms with Crippen LogP contribution in [0.5, 0.6) is 0 Å². The number of aromatic amines is 1. The fraction of sp³-hybridized carbons (Fsp3) is 0.429. The van der Waals surface area contributed by atoms with Crippen LogP contribution in [0.25, 0.3) is 22.4 Å². The van der Waals surface area contributed by atoms with Gasteiger partial charge in [0.05, 0.1) is 29.1 Å². The summed E-state index contributed by atoms with van der Waals surface area (Å²) in [6.45, 7) is 5.83. The van der Waals surface area contributed by atoms with E-state index in [2.05, 4.69) is 30.4 Å². The minimum Gasteiger partial charge on any atom is -0.483 e. The summed E-state index contributed by atoms with van der Waals surface area (Å²) < 4.78 is 27.9. The van der Waals surface area contributed by atoms with Crippen molar-refractivity contribution in [2.24, 2.45) is 5.92 Å². The summed E-state index contributed by atoms with van der Waals surface area (Å²) in [4.78, 5) is 19.1. The molecule has 3 saturated heterocycles. The largest absolute Gasteiger partial charge is 0.483 e. The number of piperidine rings is 3. The zero-order chi connectivity index (χ0) is 22.4. The van der Waals surface area contributed by atoms with E-state index >= 15 is 0 Å². The maximum Gasteiger partial charge on any atom is 0.290 e. The van der Waals surface area contributed by atoms with E-state index in [9.17, 15) is 8.78 Å². The first-order chi connectivity index (χ1) is 15.1. The average molecular weight is 432 g/mol. The fourth-order valence-corrected chi connectivity index (χ4v) is 4.03. The van der Waals surface area contributed by atoms with Crippen molar-refractivity contribution in [2.75, 3.05) is 18.4 Å². The summed E-state index contributed by atoms with van der Waals surface area (Å²) in [5.74, 6) is 0.0673. The van der Waals surface area contributed by atoms with E-state index in [1.54, 1.807) is 6.07 Å². The van der Waals surface area contributed by atoms with Gasteiger partial charge in [0.2, 0.25) is 0 Å². The summed E-state index contributed by atoms with van der Waals surface area (Å²) in [6, 6.07) is 4.29. The number of aromatic nitrogens is 4. The number of H-pyrrole nitrogens is 1. The van der Waals surface area contributed by atoms with Gasteiger partial charge in [-0.1, -0.05) is 13.8 Å². The molecule has 0 aliphatic carbocycles. The van der Waals surface area contributed by atoms with Crippen LogP contribution < -0.4 is 5.32 Å². The van der Waals surface area contributed by atoms with Crippen LogP contribution in [-0.4, -0.2) is 55.9 Å². The zero-order valence-corrected chi connectivity index (χ0v) is 17.5. The quantitative estimate of drug-likeness (QED) is 0.539. The van der Waals surface area contributed by atoms with Gasteiger partial charge < -0.3 is 10.4 Å². The standard InChI is InChI=1S/C18H18F2N6.C2H6.CH2O2/c19-11-8-12-16(24-25-17(12)21-9-11)14-2-1-13(20)18(22-14)23-15-7-10-3-5-26(15)6-4-10;1-2;2-1-3/h1-2,8-10,15H,3-7H2,(H,22,23)(H,21,24,25);1-2H3;1H,(H,2,3)/t15-;;/m1../s1. The molecule has 3 aliphatic heterocycles. The minimum atomic E-state index is -0.452. The first-order valence-electron chi connectivity index (χ1n) is 10.3. The number of fused-ring (bicyclic) bond motifs is 4. The van der Waals surface area contributed by atoms with Gasteiger partial charge in [-0.2, -0.15) is 5.10 Å². The lowest BCUT2D eigenvalue weighted by Gasteiger charge is -2.45. The van der Waals surface area contributed by atoms with Crippen LogP contribution in [0.2, 0.25) is 0 Å². The molecule has 0 amide bonds. The Balaban J connectivity index is 0.000000504. The zero-order valence-electron chi connectivity index (χ0n) is 17.5. The predicted octanol–water partition coefficient (Wildman–Crippen LogP) is 3.88. The summed E-state index contributed by atoms with van der Waals surface area (Å²) >= 11 is 0. The number of nitrogens with one attached hydrogen (secondary N) is 2. The van der Waals surface area contributed by atoms with Crippen molar-refractivity contribution in [1.82, 2.24) is 25.1 Å². The van der Waals surface area contributed by atoms with Crippen LogP contribution in [0, 0.1) is 17.6 Å². The van der Waals surface area contributed by atoms with E-state index in [1.165, 1.54) is 25.0 Å². The molecule has 6 heterocycles. The Morgan fingerprint density at radius 2 is 1.97 bits per heavy atom. The predicted molar refractivity (Wildman–Crippen MR) is 113 cm³/mol. The van der Waals surface area contributed by atoms with E-state index < -0.39 is 11.6 Å². The van der Waals surface area contributed by atoms with Crippen molar-refractivity contribution in [3.63, 3.8) is 0 Å². The minimum absolute atomic E-state index is 0.109. The average Bonchev–Trinajstić information content (AvgIpc) is 3.21. The molecule has 3 aliphatic rings. The van der Waals surface area contributed by atoms with Gasteiger partial charge in [-0.05, 0) is 43.4 Å². The van der Waals surface area contributed by atoms with Gasteiger partial charge in [-0.25, -0.2) is 18.7 Å². The smallest absolute Gasteiger partial charge is 0.290 e. The number of hydrogen-bond acceptors (Lipinski definition) is 6. The number of carboxylic acid groups (broad SMARTS) is 1. The maximum atomic E-state index is 14.3. The molecule has 0 unspecified atom stereocenters. The molecule has 31 heavy (non-hydrogen) atoms. The molecule has 1 atom stereocenters. The van der Waals surface area contributed by atoms with Gasteiger partial charge in [0.25, 0.3) is 6.47 Å². The topological polar surface area (TPSA) is 107 Å². The number of nitrogens with zero attached hydrogens (tertiary/aromatic N) is 4. The Bertz CT molecular complexity index is 1020. The van der Waals surface area contributed by atoms with Crippen LogP contribution in [0.1, 0.15) is 33.1 Å². The Morgan fingerprint density at radius 1 is 1.26 bits per heavy atom. The first-order valence-corrected chi connectivity index (χ1v) is 10.3. The number of anilines is 1. The van der Waals surface area contributed by atoms with Crippen molar-refractivity contribution >= 4 is 23.3 Å². The van der Waals surface area contributed by atoms with E-state index in [1.807, 2.05) is 13.8 Å². The van der Waals surface area contributed by atoms with E-state index in [4.69, 9.17) is 9.90 Å². The van der Waals surface area contributed by atoms with Gasteiger partial charge in [0.15, 0.2) is 17.3 Å². The molecule has 3 fully saturated rings. The molecule has 0 aromatic carbocycles. The summed E-state index contributed by atoms with van der Waals surface area (Å²) in [5, 5.41) is 17.6. The summed E-state index contributed by atoms with van der Waals surface area (Å²) in [6.07, 6.45) is 4.66. The van der Waals surface area contributed by atoms with Crippen molar-refractivity contribution in [3.8, 4) is 11.4 Å². The highest BCUT2D eigenvalue weighted by Gasteiger charge is 2.34. The highest BCUT2D eigenvalue weighted by atomic mass is 19.1. The molecule has 3 aromatic heterocycles. The molecule has 0 spiro atoms. The van der Waals surface area contributed by atoms with Crippen molar-refractivity contribution in [1.29, 1.82) is 0 Å². The van der Waals surface area contributed by atoms with Crippen LogP contribution >= 0.6 is 0 Å². The molecule has 0 radical (unpaired) electrons. The second kappa shape index (κ2) is 10.3. The van der Waals surface area contributed by atoms with Gasteiger partial charge in [0.1, 0.15) is 5.82 Å². The van der Waals surface area contributed by atoms with Gasteiger partial charge in [-0.15, -0.1) is 0 Å². The second-order valence-corrected chi connectivity index (χ2v) is 7.13. The number of carbonyl (C=O) groups is 1. The molecule has 3 N–H and O–H groups in total. The summed E-state index contributed by atoms with van der Waals surface area (Å²) in [5.41, 5.74) is 1.43. The van der Waals surface area contributed by atoms with Crippen LogP contribution in [0.15, 0.2) is 24.4 Å². The molecule has 166 valence electrons.